The molecule has 0 spiro atoms. The average Bonchev–Trinajstić information content (AvgIpc) is 3.23. The Labute approximate surface area is 167 Å². The Kier molecular flexibility index (Phi) is 3.94. The third-order valence-corrected chi connectivity index (χ3v) is 6.72. The predicted octanol–water partition coefficient (Wildman–Crippen LogP) is 7.55. The fourth-order valence-electron chi connectivity index (χ4n) is 2.78. The molecule has 0 unspecified atom stereocenters. The van der Waals surface area contributed by atoms with Crippen molar-refractivity contribution in [2.24, 2.45) is 0 Å². The van der Waals surface area contributed by atoms with Gasteiger partial charge in [0.15, 0.2) is 0 Å². The molecule has 0 radical (unpaired) electrons. The van der Waals surface area contributed by atoms with Gasteiger partial charge in [-0.2, -0.15) is 0 Å². The number of rotatable bonds is 2. The van der Waals surface area contributed by atoms with Gasteiger partial charge in [0.25, 0.3) is 0 Å². The topological polar surface area (TPSA) is 25.8 Å². The molecule has 0 saturated heterocycles. The van der Waals surface area contributed by atoms with Crippen molar-refractivity contribution in [3.8, 4) is 21.1 Å². The van der Waals surface area contributed by atoms with Gasteiger partial charge in [0.05, 0.1) is 20.4 Å². The molecular formula is C20H10Cl2N2S2. The minimum Gasteiger partial charge on any atom is -0.236 e. The lowest BCUT2D eigenvalue weighted by molar-refractivity contribution is 1.47. The van der Waals surface area contributed by atoms with E-state index in [-0.39, 0.29) is 0 Å². The number of thiazole rings is 2. The molecular weight excluding hydrogens is 403 g/mol. The third-order valence-electron chi connectivity index (χ3n) is 4.08. The summed E-state index contributed by atoms with van der Waals surface area (Å²) in [6.07, 6.45) is 0. The molecule has 2 nitrogen and oxygen atoms in total. The highest BCUT2D eigenvalue weighted by atomic mass is 35.5. The summed E-state index contributed by atoms with van der Waals surface area (Å²) in [5.41, 5.74) is 4.15. The summed E-state index contributed by atoms with van der Waals surface area (Å²) in [6, 6.07) is 19.8. The zero-order valence-corrected chi connectivity index (χ0v) is 16.4. The summed E-state index contributed by atoms with van der Waals surface area (Å²) in [5, 5.41) is 3.45. The van der Waals surface area contributed by atoms with Gasteiger partial charge in [0, 0.05) is 21.2 Å². The van der Waals surface area contributed by atoms with E-state index in [1.807, 2.05) is 48.5 Å². The lowest BCUT2D eigenvalue weighted by Crippen LogP contribution is -1.75. The molecule has 0 aliphatic carbocycles. The van der Waals surface area contributed by atoms with Crippen molar-refractivity contribution in [1.29, 1.82) is 0 Å². The normalized spacial score (nSPS) is 11.5. The molecule has 2 heterocycles. The highest BCUT2D eigenvalue weighted by Crippen LogP contribution is 2.37. The molecule has 126 valence electrons. The summed E-state index contributed by atoms with van der Waals surface area (Å²) in [7, 11) is 0. The molecule has 0 amide bonds. The maximum Gasteiger partial charge on any atom is 0.124 e. The van der Waals surface area contributed by atoms with Crippen LogP contribution in [0.5, 0.6) is 0 Å². The van der Waals surface area contributed by atoms with Crippen molar-refractivity contribution in [2.45, 2.75) is 0 Å². The van der Waals surface area contributed by atoms with Crippen molar-refractivity contribution in [1.82, 2.24) is 9.97 Å². The van der Waals surface area contributed by atoms with Gasteiger partial charge < -0.3 is 0 Å². The maximum absolute atomic E-state index is 5.98. The Hall–Kier alpha value is -1.98. The molecule has 0 aliphatic rings. The number of nitrogens with zero attached hydrogens (tertiary/aromatic N) is 2. The number of hydrogen-bond donors (Lipinski definition) is 0. The summed E-state index contributed by atoms with van der Waals surface area (Å²) in [5.74, 6) is 0. The van der Waals surface area contributed by atoms with Crippen molar-refractivity contribution in [2.75, 3.05) is 0 Å². The maximum atomic E-state index is 5.98. The second-order valence-electron chi connectivity index (χ2n) is 5.84. The van der Waals surface area contributed by atoms with Gasteiger partial charge in [-0.25, -0.2) is 9.97 Å². The zero-order valence-electron chi connectivity index (χ0n) is 13.2. The molecule has 0 fully saturated rings. The lowest BCUT2D eigenvalue weighted by atomic mass is 10.2. The summed E-state index contributed by atoms with van der Waals surface area (Å²) < 4.78 is 2.27. The van der Waals surface area contributed by atoms with E-state index in [1.165, 1.54) is 0 Å². The smallest absolute Gasteiger partial charge is 0.124 e. The van der Waals surface area contributed by atoms with E-state index in [0.29, 0.717) is 0 Å². The molecule has 0 N–H and O–H groups in total. The first-order chi connectivity index (χ1) is 12.7. The van der Waals surface area contributed by atoms with Crippen LogP contribution >= 0.6 is 45.9 Å². The summed E-state index contributed by atoms with van der Waals surface area (Å²) in [6.45, 7) is 0. The zero-order chi connectivity index (χ0) is 17.7. The van der Waals surface area contributed by atoms with Crippen molar-refractivity contribution in [3.63, 3.8) is 0 Å². The number of fused-ring (bicyclic) bond motifs is 2. The van der Waals surface area contributed by atoms with Crippen molar-refractivity contribution < 1.29 is 0 Å². The molecule has 3 aromatic carbocycles. The number of benzene rings is 3. The van der Waals surface area contributed by atoms with Gasteiger partial charge in [-0.3, -0.25) is 0 Å². The Bertz CT molecular complexity index is 1090. The number of halogens is 2. The van der Waals surface area contributed by atoms with E-state index in [4.69, 9.17) is 33.2 Å². The lowest BCUT2D eigenvalue weighted by Gasteiger charge is -1.95. The highest BCUT2D eigenvalue weighted by molar-refractivity contribution is 7.23. The quantitative estimate of drug-likeness (QED) is 0.299. The summed E-state index contributed by atoms with van der Waals surface area (Å²) >= 11 is 15.3. The van der Waals surface area contributed by atoms with Gasteiger partial charge in [0.1, 0.15) is 10.0 Å². The van der Waals surface area contributed by atoms with Crippen LogP contribution in [0.3, 0.4) is 0 Å². The van der Waals surface area contributed by atoms with Crippen LogP contribution in [0, 0.1) is 0 Å². The molecule has 2 aromatic heterocycles. The third kappa shape index (κ3) is 2.89. The summed E-state index contributed by atoms with van der Waals surface area (Å²) in [4.78, 5) is 9.59. The van der Waals surface area contributed by atoms with E-state index in [9.17, 15) is 0 Å². The van der Waals surface area contributed by atoms with E-state index < -0.39 is 0 Å². The predicted molar refractivity (Wildman–Crippen MR) is 114 cm³/mol. The van der Waals surface area contributed by atoms with E-state index in [2.05, 4.69) is 12.1 Å². The van der Waals surface area contributed by atoms with Crippen LogP contribution in [0.15, 0.2) is 60.7 Å². The first-order valence-electron chi connectivity index (χ1n) is 7.89. The van der Waals surface area contributed by atoms with Crippen LogP contribution in [0.25, 0.3) is 41.6 Å². The molecule has 0 aliphatic heterocycles. The minimum absolute atomic E-state index is 0.731. The monoisotopic (exact) mass is 412 g/mol. The minimum atomic E-state index is 0.731. The van der Waals surface area contributed by atoms with Crippen molar-refractivity contribution >= 4 is 66.3 Å². The molecule has 5 rings (SSSR count). The second kappa shape index (κ2) is 6.32. The van der Waals surface area contributed by atoms with Gasteiger partial charge in [-0.15, -0.1) is 22.7 Å². The van der Waals surface area contributed by atoms with Crippen LogP contribution in [0.1, 0.15) is 0 Å². The SMILES string of the molecule is Clc1ccc(-c2nc3cc4sc(-c5ccc(Cl)cc5)nc4cc3s2)cc1. The Morgan fingerprint density at radius 2 is 0.962 bits per heavy atom. The van der Waals surface area contributed by atoms with Crippen molar-refractivity contribution in [3.05, 3.63) is 70.7 Å². The fraction of sp³-hybridized carbons (Fsp3) is 0. The second-order valence-corrected chi connectivity index (χ2v) is 8.77. The van der Waals surface area contributed by atoms with Crippen LogP contribution in [0.2, 0.25) is 10.0 Å². The highest BCUT2D eigenvalue weighted by Gasteiger charge is 2.11. The van der Waals surface area contributed by atoms with E-state index in [1.54, 1.807) is 22.7 Å². The molecule has 26 heavy (non-hydrogen) atoms. The molecule has 0 saturated carbocycles. The van der Waals surface area contributed by atoms with E-state index >= 15 is 0 Å². The van der Waals surface area contributed by atoms with Gasteiger partial charge >= 0.3 is 0 Å². The Balaban J connectivity index is 1.60. The van der Waals surface area contributed by atoms with Gasteiger partial charge in [-0.1, -0.05) is 47.5 Å². The van der Waals surface area contributed by atoms with E-state index in [0.717, 1.165) is 51.6 Å². The van der Waals surface area contributed by atoms with Crippen LogP contribution in [0.4, 0.5) is 0 Å². The Morgan fingerprint density at radius 3 is 1.35 bits per heavy atom. The van der Waals surface area contributed by atoms with Gasteiger partial charge in [0.2, 0.25) is 0 Å². The molecule has 0 bridgehead atoms. The first-order valence-corrected chi connectivity index (χ1v) is 10.3. The van der Waals surface area contributed by atoms with Gasteiger partial charge in [-0.05, 0) is 36.4 Å². The molecule has 0 atom stereocenters. The fourth-order valence-corrected chi connectivity index (χ4v) is 5.01. The van der Waals surface area contributed by atoms with Crippen LogP contribution < -0.4 is 0 Å². The van der Waals surface area contributed by atoms with Crippen LogP contribution in [-0.4, -0.2) is 9.97 Å². The number of aromatic nitrogens is 2. The molecule has 5 aromatic rings. The largest absolute Gasteiger partial charge is 0.236 e. The average molecular weight is 413 g/mol. The first kappa shape index (κ1) is 16.2. The Morgan fingerprint density at radius 1 is 0.577 bits per heavy atom. The molecule has 6 heteroatoms. The van der Waals surface area contributed by atoms with Crippen LogP contribution in [-0.2, 0) is 0 Å². The number of hydrogen-bond acceptors (Lipinski definition) is 4. The standard InChI is InChI=1S/C20H10Cl2N2S2/c21-13-5-1-11(2-6-13)19-23-15-9-18-16(10-17(15)25-19)24-20(26-18)12-3-7-14(22)8-4-12/h1-10H.